The number of nitrogens with one attached hydrogen (secondary N) is 1. The van der Waals surface area contributed by atoms with E-state index in [2.05, 4.69) is 15.3 Å². The van der Waals surface area contributed by atoms with Gasteiger partial charge in [0.2, 0.25) is 11.8 Å². The average Bonchev–Trinajstić information content (AvgIpc) is 3.14. The van der Waals surface area contributed by atoms with Gasteiger partial charge >= 0.3 is 0 Å². The van der Waals surface area contributed by atoms with Crippen molar-refractivity contribution in [3.05, 3.63) is 77.6 Å². The first kappa shape index (κ1) is 24.6. The van der Waals surface area contributed by atoms with Crippen LogP contribution in [0.4, 0.5) is 11.4 Å². The lowest BCUT2D eigenvalue weighted by Crippen LogP contribution is -2.33. The van der Waals surface area contributed by atoms with Crippen LogP contribution in [0.3, 0.4) is 0 Å². The molecule has 2 amide bonds. The molecule has 1 aliphatic heterocycles. The van der Waals surface area contributed by atoms with Crippen LogP contribution in [0.1, 0.15) is 12.1 Å². The van der Waals surface area contributed by atoms with Crippen molar-refractivity contribution < 1.29 is 19.1 Å². The molecule has 0 radical (unpaired) electrons. The van der Waals surface area contributed by atoms with Crippen molar-refractivity contribution in [2.24, 2.45) is 4.99 Å². The van der Waals surface area contributed by atoms with E-state index in [-0.39, 0.29) is 24.8 Å². The van der Waals surface area contributed by atoms with Crippen LogP contribution in [0.2, 0.25) is 5.02 Å². The molecule has 4 rings (SSSR count). The number of hydrogen-bond acceptors (Lipinski definition) is 7. The third-order valence-electron chi connectivity index (χ3n) is 5.17. The fourth-order valence-corrected chi connectivity index (χ4v) is 4.71. The molecular formula is C25H23ClN4O4S. The second kappa shape index (κ2) is 11.2. The summed E-state index contributed by atoms with van der Waals surface area (Å²) in [4.78, 5) is 36.8. The quantitative estimate of drug-likeness (QED) is 0.462. The van der Waals surface area contributed by atoms with Crippen molar-refractivity contribution >= 4 is 51.7 Å². The molecule has 180 valence electrons. The van der Waals surface area contributed by atoms with Crippen molar-refractivity contribution in [1.82, 2.24) is 9.88 Å². The molecule has 0 unspecified atom stereocenters. The van der Waals surface area contributed by atoms with Crippen molar-refractivity contribution in [3.63, 3.8) is 0 Å². The number of aromatic nitrogens is 1. The first-order valence-corrected chi connectivity index (χ1v) is 12.0. The summed E-state index contributed by atoms with van der Waals surface area (Å²) in [5.41, 5.74) is 1.84. The molecule has 1 aliphatic rings. The SMILES string of the molecule is COc1ccc(OC)c(NC(=O)C[C@H]2SC(=Nc3ccc(Cl)cc3)N(Cc3ccccn3)C2=O)c1. The van der Waals surface area contributed by atoms with E-state index in [4.69, 9.17) is 21.1 Å². The summed E-state index contributed by atoms with van der Waals surface area (Å²) in [6.45, 7) is 0.251. The lowest BCUT2D eigenvalue weighted by atomic mass is 10.2. The van der Waals surface area contributed by atoms with Crippen molar-refractivity contribution in [2.75, 3.05) is 19.5 Å². The molecule has 0 aliphatic carbocycles. The number of rotatable bonds is 8. The number of halogens is 1. The van der Waals surface area contributed by atoms with Gasteiger partial charge in [-0.05, 0) is 48.5 Å². The van der Waals surface area contributed by atoms with E-state index in [1.54, 1.807) is 60.7 Å². The molecule has 8 nitrogen and oxygen atoms in total. The molecule has 2 aromatic carbocycles. The van der Waals surface area contributed by atoms with Gasteiger partial charge in [-0.3, -0.25) is 19.5 Å². The Hall–Kier alpha value is -3.56. The van der Waals surface area contributed by atoms with E-state index >= 15 is 0 Å². The number of thioether (sulfide) groups is 1. The minimum absolute atomic E-state index is 0.0395. The summed E-state index contributed by atoms with van der Waals surface area (Å²) >= 11 is 7.24. The topological polar surface area (TPSA) is 93.1 Å². The Morgan fingerprint density at radius 1 is 1.14 bits per heavy atom. The maximum absolute atomic E-state index is 13.3. The average molecular weight is 511 g/mol. The van der Waals surface area contributed by atoms with Crippen molar-refractivity contribution in [2.45, 2.75) is 18.2 Å². The second-order valence-corrected chi connectivity index (χ2v) is 9.15. The molecule has 1 fully saturated rings. The van der Waals surface area contributed by atoms with E-state index in [9.17, 15) is 9.59 Å². The number of benzene rings is 2. The van der Waals surface area contributed by atoms with E-state index in [1.807, 2.05) is 18.2 Å². The van der Waals surface area contributed by atoms with Crippen LogP contribution in [-0.2, 0) is 16.1 Å². The van der Waals surface area contributed by atoms with E-state index in [0.717, 1.165) is 5.69 Å². The summed E-state index contributed by atoms with van der Waals surface area (Å²) in [7, 11) is 3.06. The van der Waals surface area contributed by atoms with E-state index in [0.29, 0.717) is 33.1 Å². The van der Waals surface area contributed by atoms with Gasteiger partial charge in [0.05, 0.1) is 37.8 Å². The molecule has 0 bridgehead atoms. The van der Waals surface area contributed by atoms with Crippen LogP contribution in [-0.4, -0.2) is 46.3 Å². The maximum Gasteiger partial charge on any atom is 0.243 e. The molecule has 3 aromatic rings. The number of methoxy groups -OCH3 is 2. The Bertz CT molecular complexity index is 1240. The summed E-state index contributed by atoms with van der Waals surface area (Å²) in [5.74, 6) is 0.534. The molecule has 2 heterocycles. The molecular weight excluding hydrogens is 488 g/mol. The standard InChI is InChI=1S/C25H23ClN4O4S/c1-33-19-10-11-21(34-2)20(13-19)29-23(31)14-22-24(32)30(15-18-5-3-4-12-27-18)25(35-22)28-17-8-6-16(26)7-9-17/h3-13,22H,14-15H2,1-2H3,(H,29,31)/t22-/m1/s1. The van der Waals surface area contributed by atoms with Gasteiger partial charge in [0.25, 0.3) is 0 Å². The predicted molar refractivity (Wildman–Crippen MR) is 138 cm³/mol. The number of amidine groups is 1. The van der Waals surface area contributed by atoms with Crippen LogP contribution >= 0.6 is 23.4 Å². The number of hydrogen-bond donors (Lipinski definition) is 1. The predicted octanol–water partition coefficient (Wildman–Crippen LogP) is 4.91. The summed E-state index contributed by atoms with van der Waals surface area (Å²) < 4.78 is 10.6. The van der Waals surface area contributed by atoms with Gasteiger partial charge in [-0.15, -0.1) is 0 Å². The minimum atomic E-state index is -0.638. The number of aliphatic imine (C=N–C) groups is 1. The lowest BCUT2D eigenvalue weighted by molar-refractivity contribution is -0.128. The molecule has 10 heteroatoms. The molecule has 1 aromatic heterocycles. The smallest absolute Gasteiger partial charge is 0.243 e. The number of nitrogens with zero attached hydrogens (tertiary/aromatic N) is 3. The Morgan fingerprint density at radius 3 is 2.63 bits per heavy atom. The van der Waals surface area contributed by atoms with Crippen LogP contribution < -0.4 is 14.8 Å². The highest BCUT2D eigenvalue weighted by atomic mass is 35.5. The first-order valence-electron chi connectivity index (χ1n) is 10.7. The van der Waals surface area contributed by atoms with Gasteiger partial charge in [-0.2, -0.15) is 0 Å². The molecule has 1 atom stereocenters. The number of anilines is 1. The number of pyridine rings is 1. The highest BCUT2D eigenvalue weighted by molar-refractivity contribution is 8.15. The second-order valence-electron chi connectivity index (χ2n) is 7.54. The number of ether oxygens (including phenoxy) is 2. The van der Waals surface area contributed by atoms with E-state index in [1.165, 1.54) is 18.9 Å². The van der Waals surface area contributed by atoms with Gasteiger partial charge in [0.1, 0.15) is 16.7 Å². The summed E-state index contributed by atoms with van der Waals surface area (Å²) in [6.07, 6.45) is 1.63. The van der Waals surface area contributed by atoms with Gasteiger partial charge in [0, 0.05) is 23.7 Å². The number of amides is 2. The van der Waals surface area contributed by atoms with Crippen LogP contribution in [0.25, 0.3) is 0 Å². The summed E-state index contributed by atoms with van der Waals surface area (Å²) in [5, 5.41) is 3.28. The Balaban J connectivity index is 1.54. The van der Waals surface area contributed by atoms with Gasteiger partial charge in [0.15, 0.2) is 5.17 Å². The fraction of sp³-hybridized carbons (Fsp3) is 0.200. The van der Waals surface area contributed by atoms with Crippen LogP contribution in [0.5, 0.6) is 11.5 Å². The van der Waals surface area contributed by atoms with Gasteiger partial charge < -0.3 is 14.8 Å². The zero-order valence-electron chi connectivity index (χ0n) is 19.1. The Morgan fingerprint density at radius 2 is 1.94 bits per heavy atom. The normalized spacial score (nSPS) is 16.4. The first-order chi connectivity index (χ1) is 17.0. The van der Waals surface area contributed by atoms with Gasteiger partial charge in [-0.1, -0.05) is 29.4 Å². The van der Waals surface area contributed by atoms with Crippen molar-refractivity contribution in [1.29, 1.82) is 0 Å². The maximum atomic E-state index is 13.3. The molecule has 0 spiro atoms. The fourth-order valence-electron chi connectivity index (χ4n) is 3.43. The third kappa shape index (κ3) is 6.12. The molecule has 1 saturated heterocycles. The Labute approximate surface area is 212 Å². The lowest BCUT2D eigenvalue weighted by Gasteiger charge is -2.16. The number of carbonyl (C=O) groups is 2. The highest BCUT2D eigenvalue weighted by Gasteiger charge is 2.39. The molecule has 1 N–H and O–H groups in total. The summed E-state index contributed by atoms with van der Waals surface area (Å²) in [6, 6.07) is 17.6. The Kier molecular flexibility index (Phi) is 7.89. The monoisotopic (exact) mass is 510 g/mol. The van der Waals surface area contributed by atoms with Gasteiger partial charge in [-0.25, -0.2) is 4.99 Å². The van der Waals surface area contributed by atoms with E-state index < -0.39 is 5.25 Å². The van der Waals surface area contributed by atoms with Crippen LogP contribution in [0, 0.1) is 0 Å². The minimum Gasteiger partial charge on any atom is -0.497 e. The zero-order valence-corrected chi connectivity index (χ0v) is 20.7. The van der Waals surface area contributed by atoms with Crippen molar-refractivity contribution in [3.8, 4) is 11.5 Å². The number of carbonyl (C=O) groups excluding carboxylic acids is 2. The molecule has 0 saturated carbocycles. The molecule has 35 heavy (non-hydrogen) atoms. The zero-order chi connectivity index (χ0) is 24.8. The largest absolute Gasteiger partial charge is 0.497 e. The third-order valence-corrected chi connectivity index (χ3v) is 6.60. The van der Waals surface area contributed by atoms with Crippen LogP contribution in [0.15, 0.2) is 71.9 Å². The highest BCUT2D eigenvalue weighted by Crippen LogP contribution is 2.34.